The van der Waals surface area contributed by atoms with Crippen LogP contribution in [0.15, 0.2) is 11.6 Å². The van der Waals surface area contributed by atoms with Crippen LogP contribution in [0.4, 0.5) is 13.9 Å². The van der Waals surface area contributed by atoms with E-state index in [2.05, 4.69) is 4.98 Å². The Kier molecular flexibility index (Phi) is 3.61. The van der Waals surface area contributed by atoms with Gasteiger partial charge in [-0.05, 0) is 19.3 Å². The highest BCUT2D eigenvalue weighted by Crippen LogP contribution is 2.45. The Balaban J connectivity index is 1.62. The number of amides is 1. The molecule has 0 unspecified atom stereocenters. The third-order valence-corrected chi connectivity index (χ3v) is 5.12. The van der Waals surface area contributed by atoms with Crippen molar-refractivity contribution in [3.8, 4) is 0 Å². The summed E-state index contributed by atoms with van der Waals surface area (Å²) < 4.78 is 28.3. The van der Waals surface area contributed by atoms with Crippen molar-refractivity contribution in [1.29, 1.82) is 0 Å². The number of aliphatic hydroxyl groups is 1. The lowest BCUT2D eigenvalue weighted by Gasteiger charge is -2.44. The van der Waals surface area contributed by atoms with Crippen molar-refractivity contribution in [2.45, 2.75) is 30.8 Å². The van der Waals surface area contributed by atoms with Gasteiger partial charge >= 0.3 is 5.92 Å². The van der Waals surface area contributed by atoms with Crippen molar-refractivity contribution >= 4 is 22.4 Å². The monoisotopic (exact) mass is 317 g/mol. The molecule has 1 N–H and O–H groups in total. The van der Waals surface area contributed by atoms with Gasteiger partial charge in [-0.1, -0.05) is 0 Å². The Bertz CT molecular complexity index is 511. The van der Waals surface area contributed by atoms with Gasteiger partial charge in [-0.3, -0.25) is 4.79 Å². The molecular weight excluding hydrogens is 300 g/mol. The number of carbonyl (C=O) groups is 1. The number of aromatic nitrogens is 1. The van der Waals surface area contributed by atoms with E-state index in [4.69, 9.17) is 0 Å². The Hall–Kier alpha value is -1.28. The van der Waals surface area contributed by atoms with Crippen LogP contribution in [0.1, 0.15) is 19.3 Å². The van der Waals surface area contributed by atoms with Gasteiger partial charge in [0.15, 0.2) is 5.13 Å². The summed E-state index contributed by atoms with van der Waals surface area (Å²) in [6.07, 6.45) is 2.21. The second-order valence-electron chi connectivity index (χ2n) is 5.55. The van der Waals surface area contributed by atoms with Crippen LogP contribution < -0.4 is 4.90 Å². The maximum absolute atomic E-state index is 14.1. The number of piperazine rings is 1. The summed E-state index contributed by atoms with van der Waals surface area (Å²) in [5, 5.41) is 12.5. The van der Waals surface area contributed by atoms with Crippen LogP contribution in [0.3, 0.4) is 0 Å². The van der Waals surface area contributed by atoms with Crippen LogP contribution in [0.25, 0.3) is 0 Å². The molecule has 0 aromatic carbocycles. The summed E-state index contributed by atoms with van der Waals surface area (Å²) in [6.45, 7) is 1.41. The zero-order valence-corrected chi connectivity index (χ0v) is 12.3. The van der Waals surface area contributed by atoms with Crippen LogP contribution in [-0.4, -0.2) is 58.6 Å². The van der Waals surface area contributed by atoms with E-state index in [9.17, 15) is 18.7 Å². The molecule has 1 aromatic heterocycles. The Morgan fingerprint density at radius 1 is 1.33 bits per heavy atom. The summed E-state index contributed by atoms with van der Waals surface area (Å²) in [6, 6.07) is 0. The number of nitrogens with zero attached hydrogens (tertiary/aromatic N) is 3. The molecule has 2 heterocycles. The molecule has 1 saturated carbocycles. The van der Waals surface area contributed by atoms with E-state index in [0.717, 1.165) is 10.0 Å². The summed E-state index contributed by atoms with van der Waals surface area (Å²) in [4.78, 5) is 19.3. The number of alkyl halides is 2. The third-order valence-electron chi connectivity index (χ3n) is 4.29. The summed E-state index contributed by atoms with van der Waals surface area (Å²) in [5.41, 5.74) is -2.14. The van der Waals surface area contributed by atoms with E-state index in [1.165, 1.54) is 11.3 Å². The van der Waals surface area contributed by atoms with Crippen molar-refractivity contribution in [3.63, 3.8) is 0 Å². The van der Waals surface area contributed by atoms with E-state index in [0.29, 0.717) is 19.5 Å². The van der Waals surface area contributed by atoms with E-state index < -0.39 is 17.4 Å². The van der Waals surface area contributed by atoms with Crippen LogP contribution in [-0.2, 0) is 4.79 Å². The Labute approximate surface area is 125 Å². The number of halogens is 2. The van der Waals surface area contributed by atoms with Crippen molar-refractivity contribution in [2.75, 3.05) is 31.1 Å². The molecule has 3 rings (SSSR count). The molecule has 1 aromatic rings. The predicted molar refractivity (Wildman–Crippen MR) is 74.7 cm³/mol. The molecule has 0 spiro atoms. The highest BCUT2D eigenvalue weighted by Gasteiger charge is 2.62. The SMILES string of the molecule is O=C(N1CCN(c2nccs2)CC1)C(F)(F)C1(O)CCC1. The third kappa shape index (κ3) is 2.40. The minimum Gasteiger partial charge on any atom is -0.383 e. The molecule has 1 aliphatic heterocycles. The quantitative estimate of drug-likeness (QED) is 0.914. The minimum absolute atomic E-state index is 0.00911. The first-order valence-electron chi connectivity index (χ1n) is 6.98. The van der Waals surface area contributed by atoms with Gasteiger partial charge in [0.25, 0.3) is 5.91 Å². The molecule has 8 heteroatoms. The summed E-state index contributed by atoms with van der Waals surface area (Å²) in [5.74, 6) is -4.93. The van der Waals surface area contributed by atoms with Gasteiger partial charge in [-0.15, -0.1) is 11.3 Å². The summed E-state index contributed by atoms with van der Waals surface area (Å²) >= 11 is 1.48. The van der Waals surface area contributed by atoms with Gasteiger partial charge in [0.1, 0.15) is 5.60 Å². The largest absolute Gasteiger partial charge is 0.383 e. The van der Waals surface area contributed by atoms with Gasteiger partial charge in [0.05, 0.1) is 0 Å². The number of carbonyl (C=O) groups excluding carboxylic acids is 1. The van der Waals surface area contributed by atoms with Gasteiger partial charge in [0, 0.05) is 37.8 Å². The molecule has 116 valence electrons. The van der Waals surface area contributed by atoms with Gasteiger partial charge in [-0.25, -0.2) is 4.98 Å². The highest BCUT2D eigenvalue weighted by molar-refractivity contribution is 7.13. The number of rotatable bonds is 3. The lowest BCUT2D eigenvalue weighted by molar-refractivity contribution is -0.223. The van der Waals surface area contributed by atoms with Crippen LogP contribution in [0.2, 0.25) is 0 Å². The van der Waals surface area contributed by atoms with Gasteiger partial charge in [-0.2, -0.15) is 8.78 Å². The van der Waals surface area contributed by atoms with Crippen molar-refractivity contribution < 1.29 is 18.7 Å². The maximum Gasteiger partial charge on any atom is 0.352 e. The molecular formula is C13H17F2N3O2S. The molecule has 0 atom stereocenters. The van der Waals surface area contributed by atoms with E-state index in [1.807, 2.05) is 10.3 Å². The zero-order chi connectivity index (χ0) is 15.1. The normalized spacial score (nSPS) is 22.0. The number of thiazole rings is 1. The van der Waals surface area contributed by atoms with Crippen LogP contribution >= 0.6 is 11.3 Å². The molecule has 21 heavy (non-hydrogen) atoms. The lowest BCUT2D eigenvalue weighted by Crippen LogP contribution is -2.63. The predicted octanol–water partition coefficient (Wildman–Crippen LogP) is 1.34. The first-order chi connectivity index (χ1) is 9.94. The second kappa shape index (κ2) is 5.17. The van der Waals surface area contributed by atoms with Gasteiger partial charge < -0.3 is 14.9 Å². The first kappa shape index (κ1) is 14.6. The number of anilines is 1. The fraction of sp³-hybridized carbons (Fsp3) is 0.692. The standard InChI is InChI=1S/C13H17F2N3O2S/c14-13(15,12(20)2-1-3-12)10(19)17-5-7-18(8-6-17)11-16-4-9-21-11/h4,9,20H,1-3,5-8H2. The van der Waals surface area contributed by atoms with Crippen molar-refractivity contribution in [3.05, 3.63) is 11.6 Å². The van der Waals surface area contributed by atoms with E-state index >= 15 is 0 Å². The molecule has 1 saturated heterocycles. The highest BCUT2D eigenvalue weighted by atomic mass is 32.1. The van der Waals surface area contributed by atoms with Crippen LogP contribution in [0.5, 0.6) is 0 Å². The Morgan fingerprint density at radius 2 is 2.00 bits per heavy atom. The van der Waals surface area contributed by atoms with E-state index in [-0.39, 0.29) is 25.9 Å². The molecule has 0 radical (unpaired) electrons. The molecule has 1 amide bonds. The average molecular weight is 317 g/mol. The smallest absolute Gasteiger partial charge is 0.352 e. The van der Waals surface area contributed by atoms with Crippen molar-refractivity contribution in [2.24, 2.45) is 0 Å². The minimum atomic E-state index is -3.69. The molecule has 2 fully saturated rings. The topological polar surface area (TPSA) is 56.7 Å². The second-order valence-corrected chi connectivity index (χ2v) is 6.43. The molecule has 0 bridgehead atoms. The maximum atomic E-state index is 14.1. The van der Waals surface area contributed by atoms with E-state index in [1.54, 1.807) is 6.20 Å². The number of hydrogen-bond donors (Lipinski definition) is 1. The Morgan fingerprint density at radius 3 is 2.48 bits per heavy atom. The lowest BCUT2D eigenvalue weighted by atomic mass is 9.75. The van der Waals surface area contributed by atoms with Crippen molar-refractivity contribution in [1.82, 2.24) is 9.88 Å². The fourth-order valence-corrected chi connectivity index (χ4v) is 3.39. The molecule has 5 nitrogen and oxygen atoms in total. The fourth-order valence-electron chi connectivity index (χ4n) is 2.70. The number of hydrogen-bond acceptors (Lipinski definition) is 5. The first-order valence-corrected chi connectivity index (χ1v) is 7.86. The molecule has 1 aliphatic carbocycles. The van der Waals surface area contributed by atoms with Gasteiger partial charge in [0.2, 0.25) is 0 Å². The van der Waals surface area contributed by atoms with Crippen LogP contribution in [0, 0.1) is 0 Å². The summed E-state index contributed by atoms with van der Waals surface area (Å²) in [7, 11) is 0. The molecule has 2 aliphatic rings. The zero-order valence-electron chi connectivity index (χ0n) is 11.5. The average Bonchev–Trinajstić information content (AvgIpc) is 2.98.